The number of ether oxygens (including phenoxy) is 12. The lowest BCUT2D eigenvalue weighted by Crippen LogP contribution is -2.14. The number of hydrogen-bond acceptors (Lipinski definition) is 14. The zero-order chi connectivity index (χ0) is 38.9. The molecule has 0 radical (unpaired) electrons. The van der Waals surface area contributed by atoms with Crippen LogP contribution in [-0.2, 0) is 28.4 Å². The van der Waals surface area contributed by atoms with Crippen molar-refractivity contribution in [3.8, 4) is 34.5 Å². The molecule has 0 amide bonds. The largest absolute Gasteiger partial charge is 0.491 e. The molecule has 14 nitrogen and oxygen atoms in total. The molecule has 0 spiro atoms. The van der Waals surface area contributed by atoms with E-state index in [4.69, 9.17) is 56.8 Å². The summed E-state index contributed by atoms with van der Waals surface area (Å²) < 4.78 is 67.1. The summed E-state index contributed by atoms with van der Waals surface area (Å²) in [7, 11) is 0. The molecule has 0 saturated heterocycles. The quantitative estimate of drug-likeness (QED) is 0.165. The van der Waals surface area contributed by atoms with Crippen molar-refractivity contribution in [2.75, 3.05) is 106 Å². The van der Waals surface area contributed by atoms with Gasteiger partial charge in [-0.05, 0) is 97.1 Å². The molecule has 0 aromatic heterocycles. The van der Waals surface area contributed by atoms with Crippen LogP contribution in [0.25, 0.3) is 0 Å². The summed E-state index contributed by atoms with van der Waals surface area (Å²) in [6.45, 7) is 6.27. The van der Waals surface area contributed by atoms with Crippen molar-refractivity contribution in [3.05, 3.63) is 108 Å². The van der Waals surface area contributed by atoms with Crippen LogP contribution < -0.4 is 28.4 Å². The van der Waals surface area contributed by atoms with Gasteiger partial charge >= 0.3 is 11.9 Å². The standard InChI is InChI=1S/C42H48O14/c43-41-33-1-5-35(6-2-33)51-29-25-47-21-17-45-18-22-48-26-30-52-36-7-3-34(4-8-36)42(44)56-40-15-11-38(12-16-40)54-32-28-50-24-20-46-19-23-49-27-31-53-37-9-13-39(55-41)14-10-37/h1-16H,17-32H2. The molecule has 0 aliphatic carbocycles. The molecule has 0 fully saturated rings. The second-order valence-electron chi connectivity index (χ2n) is 11.8. The summed E-state index contributed by atoms with van der Waals surface area (Å²) >= 11 is 0. The predicted octanol–water partition coefficient (Wildman–Crippen LogP) is 5.45. The minimum atomic E-state index is -0.485. The van der Waals surface area contributed by atoms with Crippen molar-refractivity contribution in [2.45, 2.75) is 0 Å². The average molecular weight is 777 g/mol. The van der Waals surface area contributed by atoms with E-state index in [0.717, 1.165) is 0 Å². The Morgan fingerprint density at radius 3 is 0.696 bits per heavy atom. The Hall–Kier alpha value is -5.22. The second kappa shape index (κ2) is 25.0. The van der Waals surface area contributed by atoms with Crippen molar-refractivity contribution >= 4 is 11.9 Å². The van der Waals surface area contributed by atoms with E-state index < -0.39 is 11.9 Å². The molecule has 7 heterocycles. The Labute approximate surface area is 326 Å². The maximum absolute atomic E-state index is 12.6. The van der Waals surface area contributed by atoms with Gasteiger partial charge in [-0.2, -0.15) is 0 Å². The maximum atomic E-state index is 12.6. The molecule has 56 heavy (non-hydrogen) atoms. The third-order valence-electron chi connectivity index (χ3n) is 7.72. The van der Waals surface area contributed by atoms with Gasteiger partial charge in [0.15, 0.2) is 0 Å². The summed E-state index contributed by atoms with van der Waals surface area (Å²) in [4.78, 5) is 25.2. The molecule has 0 atom stereocenters. The molecule has 11 rings (SSSR count). The van der Waals surface area contributed by atoms with Crippen molar-refractivity contribution in [1.29, 1.82) is 0 Å². The van der Waals surface area contributed by atoms with Crippen molar-refractivity contribution in [2.24, 2.45) is 0 Å². The number of rotatable bonds is 0. The summed E-state index contributed by atoms with van der Waals surface area (Å²) in [5.41, 5.74) is 0.783. The molecule has 8 bridgehead atoms. The monoisotopic (exact) mass is 776 g/mol. The Bertz CT molecular complexity index is 1550. The first-order chi connectivity index (χ1) is 27.6. The van der Waals surface area contributed by atoms with E-state index in [1.807, 2.05) is 0 Å². The van der Waals surface area contributed by atoms with Gasteiger partial charge in [0.05, 0.1) is 90.4 Å². The van der Waals surface area contributed by atoms with Gasteiger partial charge in [-0.3, -0.25) is 0 Å². The Morgan fingerprint density at radius 2 is 0.446 bits per heavy atom. The minimum absolute atomic E-state index is 0.342. The first-order valence-electron chi connectivity index (χ1n) is 18.4. The molecule has 7 aliphatic rings. The highest BCUT2D eigenvalue weighted by atomic mass is 16.6. The van der Waals surface area contributed by atoms with Crippen LogP contribution in [0.3, 0.4) is 0 Å². The topological polar surface area (TPSA) is 145 Å². The SMILES string of the molecule is O=C1Oc2ccc(cc2)OCCOCCOCCOCCOc2ccc(cc2)OC(=O)c2ccc(cc2)OCCOCCOCCOCCOc2ccc1cc2. The average Bonchev–Trinajstić information content (AvgIpc) is 3.22. The molecule has 0 N–H and O–H groups in total. The molecular weight excluding hydrogens is 728 g/mol. The van der Waals surface area contributed by atoms with E-state index in [-0.39, 0.29) is 0 Å². The van der Waals surface area contributed by atoms with E-state index >= 15 is 0 Å². The molecule has 0 saturated carbocycles. The van der Waals surface area contributed by atoms with Crippen LogP contribution in [0.4, 0.5) is 0 Å². The van der Waals surface area contributed by atoms with Crippen LogP contribution in [0.5, 0.6) is 34.5 Å². The molecule has 7 aliphatic heterocycles. The van der Waals surface area contributed by atoms with Crippen LogP contribution in [-0.4, -0.2) is 118 Å². The Kier molecular flexibility index (Phi) is 18.7. The fourth-order valence-corrected chi connectivity index (χ4v) is 4.87. The fraction of sp³-hybridized carbons (Fsp3) is 0.381. The summed E-state index contributed by atoms with van der Waals surface area (Å²) in [5, 5.41) is 0. The van der Waals surface area contributed by atoms with Crippen LogP contribution >= 0.6 is 0 Å². The molecular formula is C42H48O14. The first kappa shape index (κ1) is 41.9. The van der Waals surface area contributed by atoms with E-state index in [2.05, 4.69) is 0 Å². The Balaban J connectivity index is 1.02. The lowest BCUT2D eigenvalue weighted by molar-refractivity contribution is 0.00498. The summed E-state index contributed by atoms with van der Waals surface area (Å²) in [6.07, 6.45) is 0. The van der Waals surface area contributed by atoms with Crippen molar-refractivity contribution < 1.29 is 66.4 Å². The lowest BCUT2D eigenvalue weighted by atomic mass is 10.2. The number of benzene rings is 4. The molecule has 4 aromatic rings. The molecule has 4 aromatic carbocycles. The van der Waals surface area contributed by atoms with Crippen LogP contribution in [0.15, 0.2) is 97.1 Å². The highest BCUT2D eigenvalue weighted by molar-refractivity contribution is 5.91. The molecule has 0 unspecified atom stereocenters. The summed E-state index contributed by atoms with van der Waals surface area (Å²) in [5.74, 6) is 2.29. The Morgan fingerprint density at radius 1 is 0.250 bits per heavy atom. The maximum Gasteiger partial charge on any atom is 0.343 e. The number of hydrogen-bond donors (Lipinski definition) is 0. The van der Waals surface area contributed by atoms with Gasteiger partial charge in [0.25, 0.3) is 0 Å². The van der Waals surface area contributed by atoms with Gasteiger partial charge in [-0.25, -0.2) is 9.59 Å². The van der Waals surface area contributed by atoms with Crippen LogP contribution in [0.1, 0.15) is 20.7 Å². The number of esters is 2. The zero-order valence-electron chi connectivity index (χ0n) is 31.3. The van der Waals surface area contributed by atoms with E-state index in [1.54, 1.807) is 97.1 Å². The number of carbonyl (C=O) groups excluding carboxylic acids is 2. The van der Waals surface area contributed by atoms with Crippen LogP contribution in [0, 0.1) is 0 Å². The van der Waals surface area contributed by atoms with Crippen LogP contribution in [0.2, 0.25) is 0 Å². The first-order valence-corrected chi connectivity index (χ1v) is 18.4. The van der Waals surface area contributed by atoms with E-state index in [0.29, 0.717) is 151 Å². The van der Waals surface area contributed by atoms with Gasteiger partial charge in [0.2, 0.25) is 0 Å². The summed E-state index contributed by atoms with van der Waals surface area (Å²) in [6, 6.07) is 27.0. The highest BCUT2D eigenvalue weighted by Crippen LogP contribution is 2.21. The minimum Gasteiger partial charge on any atom is -0.491 e. The van der Waals surface area contributed by atoms with Gasteiger partial charge in [-0.1, -0.05) is 0 Å². The van der Waals surface area contributed by atoms with E-state index in [1.165, 1.54) is 0 Å². The van der Waals surface area contributed by atoms with Gasteiger partial charge in [0.1, 0.15) is 60.9 Å². The fourth-order valence-electron chi connectivity index (χ4n) is 4.87. The molecule has 300 valence electrons. The normalized spacial score (nSPS) is 17.4. The number of carbonyl (C=O) groups is 2. The zero-order valence-corrected chi connectivity index (χ0v) is 31.3. The smallest absolute Gasteiger partial charge is 0.343 e. The predicted molar refractivity (Wildman–Crippen MR) is 203 cm³/mol. The van der Waals surface area contributed by atoms with Gasteiger partial charge in [0, 0.05) is 0 Å². The van der Waals surface area contributed by atoms with Crippen molar-refractivity contribution in [3.63, 3.8) is 0 Å². The van der Waals surface area contributed by atoms with Gasteiger partial charge in [-0.15, -0.1) is 0 Å². The van der Waals surface area contributed by atoms with Crippen molar-refractivity contribution in [1.82, 2.24) is 0 Å². The molecule has 14 heteroatoms. The second-order valence-corrected chi connectivity index (χ2v) is 11.8. The third-order valence-corrected chi connectivity index (χ3v) is 7.72. The third kappa shape index (κ3) is 16.3. The van der Waals surface area contributed by atoms with E-state index in [9.17, 15) is 9.59 Å². The van der Waals surface area contributed by atoms with Gasteiger partial charge < -0.3 is 56.8 Å². The lowest BCUT2D eigenvalue weighted by Gasteiger charge is -2.10. The highest BCUT2D eigenvalue weighted by Gasteiger charge is 2.11.